The Kier molecular flexibility index (Phi) is 7.95. The Balaban J connectivity index is 1.52. The number of nitrogens with one attached hydrogen (secondary N) is 1. The lowest BCUT2D eigenvalue weighted by Crippen LogP contribution is -2.56. The van der Waals surface area contributed by atoms with E-state index >= 15 is 0 Å². The van der Waals surface area contributed by atoms with Gasteiger partial charge in [-0.3, -0.25) is 9.69 Å². The summed E-state index contributed by atoms with van der Waals surface area (Å²) < 4.78 is 23.7. The summed E-state index contributed by atoms with van der Waals surface area (Å²) in [5.41, 5.74) is 3.35. The third-order valence-electron chi connectivity index (χ3n) is 6.15. The maximum atomic E-state index is 13.4. The molecular formula is C28H27FN2O5. The fourth-order valence-electron chi connectivity index (χ4n) is 4.21. The van der Waals surface area contributed by atoms with Crippen LogP contribution in [-0.4, -0.2) is 42.1 Å². The third-order valence-corrected chi connectivity index (χ3v) is 6.15. The molecule has 3 aromatic carbocycles. The van der Waals surface area contributed by atoms with E-state index in [9.17, 15) is 18.8 Å². The highest BCUT2D eigenvalue weighted by Crippen LogP contribution is 2.25. The fourth-order valence-corrected chi connectivity index (χ4v) is 4.21. The molecule has 7 nitrogen and oxygen atoms in total. The summed E-state index contributed by atoms with van der Waals surface area (Å²) >= 11 is 0. The molecule has 0 radical (unpaired) electrons. The molecule has 0 unspecified atom stereocenters. The van der Waals surface area contributed by atoms with Gasteiger partial charge in [-0.25, -0.2) is 14.0 Å². The van der Waals surface area contributed by atoms with Gasteiger partial charge >= 0.3 is 12.1 Å². The van der Waals surface area contributed by atoms with Gasteiger partial charge in [-0.2, -0.15) is 0 Å². The van der Waals surface area contributed by atoms with Gasteiger partial charge in [0, 0.05) is 12.8 Å². The Morgan fingerprint density at radius 1 is 0.944 bits per heavy atom. The second kappa shape index (κ2) is 11.5. The van der Waals surface area contributed by atoms with Crippen LogP contribution in [0, 0.1) is 5.82 Å². The Hall–Kier alpha value is -4.20. The maximum absolute atomic E-state index is 13.4. The van der Waals surface area contributed by atoms with Crippen molar-refractivity contribution in [2.75, 3.05) is 7.11 Å². The van der Waals surface area contributed by atoms with Crippen molar-refractivity contribution in [3.05, 3.63) is 107 Å². The van der Waals surface area contributed by atoms with Crippen LogP contribution in [0.1, 0.15) is 22.3 Å². The normalized spacial score (nSPS) is 15.4. The van der Waals surface area contributed by atoms with E-state index in [0.29, 0.717) is 5.56 Å². The molecular weight excluding hydrogens is 463 g/mol. The number of carbonyl (C=O) groups is 3. The zero-order valence-electron chi connectivity index (χ0n) is 19.9. The molecule has 0 saturated carbocycles. The van der Waals surface area contributed by atoms with Crippen LogP contribution in [0.5, 0.6) is 0 Å². The smallest absolute Gasteiger partial charge is 0.411 e. The number of rotatable bonds is 7. The number of hydrogen-bond donors (Lipinski definition) is 1. The summed E-state index contributed by atoms with van der Waals surface area (Å²) in [5.74, 6) is -1.54. The second-order valence-electron chi connectivity index (χ2n) is 8.57. The quantitative estimate of drug-likeness (QED) is 0.510. The van der Waals surface area contributed by atoms with Gasteiger partial charge in [0.2, 0.25) is 5.91 Å². The average molecular weight is 491 g/mol. The molecule has 4 rings (SSSR count). The topological polar surface area (TPSA) is 84.9 Å². The van der Waals surface area contributed by atoms with Gasteiger partial charge < -0.3 is 14.8 Å². The van der Waals surface area contributed by atoms with Crippen LogP contribution in [0.2, 0.25) is 0 Å². The molecule has 1 aliphatic rings. The van der Waals surface area contributed by atoms with E-state index < -0.39 is 35.9 Å². The lowest BCUT2D eigenvalue weighted by Gasteiger charge is -2.35. The van der Waals surface area contributed by atoms with Crippen LogP contribution in [0.3, 0.4) is 0 Å². The van der Waals surface area contributed by atoms with Crippen molar-refractivity contribution in [2.24, 2.45) is 0 Å². The molecule has 0 fully saturated rings. The number of fused-ring (bicyclic) bond motifs is 1. The monoisotopic (exact) mass is 490 g/mol. The maximum Gasteiger partial charge on any atom is 0.411 e. The molecule has 1 N–H and O–H groups in total. The van der Waals surface area contributed by atoms with E-state index in [-0.39, 0.29) is 26.0 Å². The molecule has 8 heteroatoms. The number of methoxy groups -OCH3 is 1. The number of amides is 2. The highest BCUT2D eigenvalue weighted by molar-refractivity contribution is 5.90. The predicted molar refractivity (Wildman–Crippen MR) is 130 cm³/mol. The number of nitrogens with zero attached hydrogens (tertiary/aromatic N) is 1. The molecule has 0 aliphatic carbocycles. The first-order valence-corrected chi connectivity index (χ1v) is 11.6. The molecule has 2 amide bonds. The minimum Gasteiger partial charge on any atom is -0.467 e. The predicted octanol–water partition coefficient (Wildman–Crippen LogP) is 3.79. The van der Waals surface area contributed by atoms with Crippen molar-refractivity contribution in [3.8, 4) is 0 Å². The Bertz CT molecular complexity index is 1220. The minimum absolute atomic E-state index is 0.0709. The Morgan fingerprint density at radius 2 is 1.61 bits per heavy atom. The molecule has 0 bridgehead atoms. The summed E-state index contributed by atoms with van der Waals surface area (Å²) in [7, 11) is 1.23. The number of ether oxygens (including phenoxy) is 2. The van der Waals surface area contributed by atoms with Crippen molar-refractivity contribution in [1.29, 1.82) is 0 Å². The van der Waals surface area contributed by atoms with Crippen LogP contribution in [0.25, 0.3) is 0 Å². The van der Waals surface area contributed by atoms with Crippen LogP contribution in [0.4, 0.5) is 9.18 Å². The van der Waals surface area contributed by atoms with Gasteiger partial charge in [0.05, 0.1) is 13.7 Å². The molecule has 2 atom stereocenters. The first-order chi connectivity index (χ1) is 17.4. The van der Waals surface area contributed by atoms with Crippen molar-refractivity contribution in [1.82, 2.24) is 10.2 Å². The molecule has 1 heterocycles. The van der Waals surface area contributed by atoms with Gasteiger partial charge in [-0.1, -0.05) is 66.7 Å². The largest absolute Gasteiger partial charge is 0.467 e. The molecule has 36 heavy (non-hydrogen) atoms. The standard InChI is InChI=1S/C28H27FN2O5/c1-35-27(33)24(15-19-11-13-23(29)14-12-19)30-26(32)25-16-21-9-5-6-10-22(21)17-31(25)28(34)36-18-20-7-3-2-4-8-20/h2-14,24-25H,15-18H2,1H3,(H,30,32)/t24-,25-/m0/s1. The van der Waals surface area contributed by atoms with Gasteiger partial charge in [0.25, 0.3) is 0 Å². The molecule has 0 aromatic heterocycles. The van der Waals surface area contributed by atoms with E-state index in [1.807, 2.05) is 54.6 Å². The van der Waals surface area contributed by atoms with Crippen molar-refractivity contribution < 1.29 is 28.2 Å². The van der Waals surface area contributed by atoms with Crippen molar-refractivity contribution >= 4 is 18.0 Å². The highest BCUT2D eigenvalue weighted by atomic mass is 19.1. The zero-order valence-corrected chi connectivity index (χ0v) is 19.9. The SMILES string of the molecule is COC(=O)[C@H](Cc1ccc(F)cc1)NC(=O)[C@@H]1Cc2ccccc2CN1C(=O)OCc1ccccc1. The van der Waals surface area contributed by atoms with Gasteiger partial charge in [0.1, 0.15) is 24.5 Å². The van der Waals surface area contributed by atoms with Gasteiger partial charge in [0.15, 0.2) is 0 Å². The first-order valence-electron chi connectivity index (χ1n) is 11.6. The average Bonchev–Trinajstić information content (AvgIpc) is 2.91. The van der Waals surface area contributed by atoms with Gasteiger partial charge in [-0.15, -0.1) is 0 Å². The molecule has 0 saturated heterocycles. The van der Waals surface area contributed by atoms with Crippen molar-refractivity contribution in [2.45, 2.75) is 38.1 Å². The number of carbonyl (C=O) groups excluding carboxylic acids is 3. The van der Waals surface area contributed by atoms with E-state index in [1.165, 1.54) is 24.1 Å². The van der Waals surface area contributed by atoms with Gasteiger partial charge in [-0.05, 0) is 34.4 Å². The molecule has 3 aromatic rings. The van der Waals surface area contributed by atoms with Crippen LogP contribution in [-0.2, 0) is 45.1 Å². The minimum atomic E-state index is -1.01. The lowest BCUT2D eigenvalue weighted by molar-refractivity contribution is -0.145. The van der Waals surface area contributed by atoms with Crippen molar-refractivity contribution in [3.63, 3.8) is 0 Å². The number of benzene rings is 3. The highest BCUT2D eigenvalue weighted by Gasteiger charge is 2.37. The first kappa shape index (κ1) is 24.9. The number of hydrogen-bond acceptors (Lipinski definition) is 5. The van der Waals surface area contributed by atoms with E-state index in [2.05, 4.69) is 5.32 Å². The Labute approximate surface area is 208 Å². The molecule has 1 aliphatic heterocycles. The number of halogens is 1. The Morgan fingerprint density at radius 3 is 2.31 bits per heavy atom. The summed E-state index contributed by atoms with van der Waals surface area (Å²) in [6.45, 7) is 0.268. The number of esters is 1. The summed E-state index contributed by atoms with van der Waals surface area (Å²) in [6, 6.07) is 20.6. The molecule has 186 valence electrons. The van der Waals surface area contributed by atoms with E-state index in [4.69, 9.17) is 9.47 Å². The summed E-state index contributed by atoms with van der Waals surface area (Å²) in [4.78, 5) is 40.4. The fraction of sp³-hybridized carbons (Fsp3) is 0.250. The van der Waals surface area contributed by atoms with Crippen LogP contribution >= 0.6 is 0 Å². The summed E-state index contributed by atoms with van der Waals surface area (Å²) in [6.07, 6.45) is -0.241. The van der Waals surface area contributed by atoms with E-state index in [0.717, 1.165) is 16.7 Å². The zero-order chi connectivity index (χ0) is 25.5. The molecule has 0 spiro atoms. The lowest BCUT2D eigenvalue weighted by atomic mass is 9.93. The van der Waals surface area contributed by atoms with Crippen LogP contribution < -0.4 is 5.32 Å². The summed E-state index contributed by atoms with van der Waals surface area (Å²) in [5, 5.41) is 2.73. The van der Waals surface area contributed by atoms with Crippen LogP contribution in [0.15, 0.2) is 78.9 Å². The van der Waals surface area contributed by atoms with E-state index in [1.54, 1.807) is 12.1 Å². The second-order valence-corrected chi connectivity index (χ2v) is 8.57. The third kappa shape index (κ3) is 6.07.